The van der Waals surface area contributed by atoms with Crippen molar-refractivity contribution in [2.45, 2.75) is 26.2 Å². The first-order valence-electron chi connectivity index (χ1n) is 5.88. The third-order valence-electron chi connectivity index (χ3n) is 3.01. The molecule has 0 radical (unpaired) electrons. The standard InChI is InChI=1S/C14H17BrN2S/c1-9-12(10-6-4-5-7-11(10)15)17-13(18-9)14(2,3)8-16/h4-7H,8,16H2,1-3H3. The molecule has 1 aromatic carbocycles. The van der Waals surface area contributed by atoms with E-state index in [0.29, 0.717) is 6.54 Å². The number of rotatable bonds is 3. The van der Waals surface area contributed by atoms with Crippen molar-refractivity contribution in [3.05, 3.63) is 38.6 Å². The first-order valence-corrected chi connectivity index (χ1v) is 7.49. The van der Waals surface area contributed by atoms with Crippen molar-refractivity contribution in [1.82, 2.24) is 4.98 Å². The summed E-state index contributed by atoms with van der Waals surface area (Å²) >= 11 is 5.32. The van der Waals surface area contributed by atoms with Crippen molar-refractivity contribution < 1.29 is 0 Å². The summed E-state index contributed by atoms with van der Waals surface area (Å²) in [4.78, 5) is 6.03. The first kappa shape index (κ1) is 13.7. The summed E-state index contributed by atoms with van der Waals surface area (Å²) in [6.07, 6.45) is 0. The van der Waals surface area contributed by atoms with Gasteiger partial charge in [-0.05, 0) is 13.0 Å². The fraction of sp³-hybridized carbons (Fsp3) is 0.357. The summed E-state index contributed by atoms with van der Waals surface area (Å²) in [5, 5.41) is 1.10. The molecule has 0 fully saturated rings. The molecule has 96 valence electrons. The fourth-order valence-electron chi connectivity index (χ4n) is 1.68. The Hall–Kier alpha value is -0.710. The molecule has 2 nitrogen and oxygen atoms in total. The van der Waals surface area contributed by atoms with Gasteiger partial charge in [0.2, 0.25) is 0 Å². The molecule has 0 unspecified atom stereocenters. The summed E-state index contributed by atoms with van der Waals surface area (Å²) in [7, 11) is 0. The Kier molecular flexibility index (Phi) is 3.90. The van der Waals surface area contributed by atoms with E-state index in [1.165, 1.54) is 4.88 Å². The van der Waals surface area contributed by atoms with E-state index >= 15 is 0 Å². The van der Waals surface area contributed by atoms with Crippen molar-refractivity contribution in [3.63, 3.8) is 0 Å². The Bertz CT molecular complexity index is 561. The SMILES string of the molecule is Cc1sc(C(C)(C)CN)nc1-c1ccccc1Br. The third kappa shape index (κ3) is 2.51. The highest BCUT2D eigenvalue weighted by Gasteiger charge is 2.24. The Morgan fingerprint density at radius 1 is 1.33 bits per heavy atom. The third-order valence-corrected chi connectivity index (χ3v) is 5.04. The van der Waals surface area contributed by atoms with Crippen LogP contribution in [0.25, 0.3) is 11.3 Å². The van der Waals surface area contributed by atoms with Crippen molar-refractivity contribution in [1.29, 1.82) is 0 Å². The maximum Gasteiger partial charge on any atom is 0.100 e. The van der Waals surface area contributed by atoms with E-state index in [0.717, 1.165) is 20.7 Å². The second-order valence-electron chi connectivity index (χ2n) is 4.99. The van der Waals surface area contributed by atoms with Crippen LogP contribution in [0.5, 0.6) is 0 Å². The predicted molar refractivity (Wildman–Crippen MR) is 82.1 cm³/mol. The Morgan fingerprint density at radius 3 is 2.61 bits per heavy atom. The molecule has 0 aliphatic rings. The lowest BCUT2D eigenvalue weighted by molar-refractivity contribution is 0.536. The van der Waals surface area contributed by atoms with Gasteiger partial charge in [-0.25, -0.2) is 4.98 Å². The van der Waals surface area contributed by atoms with Gasteiger partial charge in [0.15, 0.2) is 0 Å². The Morgan fingerprint density at radius 2 is 2.00 bits per heavy atom. The molecule has 0 bridgehead atoms. The molecule has 0 aliphatic carbocycles. The molecular weight excluding hydrogens is 308 g/mol. The van der Waals surface area contributed by atoms with Gasteiger partial charge in [0.05, 0.1) is 5.69 Å². The molecule has 18 heavy (non-hydrogen) atoms. The highest BCUT2D eigenvalue weighted by atomic mass is 79.9. The number of benzene rings is 1. The summed E-state index contributed by atoms with van der Waals surface area (Å²) in [6, 6.07) is 8.18. The molecule has 0 aliphatic heterocycles. The van der Waals surface area contributed by atoms with E-state index in [1.54, 1.807) is 11.3 Å². The molecule has 4 heteroatoms. The number of thiazole rings is 1. The molecular formula is C14H17BrN2S. The van der Waals surface area contributed by atoms with Crippen LogP contribution in [0.4, 0.5) is 0 Å². The van der Waals surface area contributed by atoms with Crippen LogP contribution in [0, 0.1) is 6.92 Å². The van der Waals surface area contributed by atoms with E-state index in [9.17, 15) is 0 Å². The maximum absolute atomic E-state index is 5.82. The molecule has 2 rings (SSSR count). The molecule has 0 saturated carbocycles. The molecule has 1 heterocycles. The number of nitrogens with two attached hydrogens (primary N) is 1. The minimum Gasteiger partial charge on any atom is -0.330 e. The van der Waals surface area contributed by atoms with Crippen LogP contribution in [0.15, 0.2) is 28.7 Å². The number of hydrogen-bond acceptors (Lipinski definition) is 3. The molecule has 1 aromatic heterocycles. The molecule has 0 amide bonds. The van der Waals surface area contributed by atoms with Crippen LogP contribution in [0.1, 0.15) is 23.7 Å². The first-order chi connectivity index (χ1) is 8.45. The topological polar surface area (TPSA) is 38.9 Å². The van der Waals surface area contributed by atoms with Crippen LogP contribution >= 0.6 is 27.3 Å². The lowest BCUT2D eigenvalue weighted by atomic mass is 9.95. The van der Waals surface area contributed by atoms with E-state index in [-0.39, 0.29) is 5.41 Å². The van der Waals surface area contributed by atoms with Crippen LogP contribution < -0.4 is 5.73 Å². The van der Waals surface area contributed by atoms with Gasteiger partial charge in [0.25, 0.3) is 0 Å². The zero-order chi connectivity index (χ0) is 13.3. The number of hydrogen-bond donors (Lipinski definition) is 1. The van der Waals surface area contributed by atoms with Gasteiger partial charge in [-0.15, -0.1) is 11.3 Å². The normalized spacial score (nSPS) is 11.8. The van der Waals surface area contributed by atoms with Crippen molar-refractivity contribution in [2.24, 2.45) is 5.73 Å². The largest absolute Gasteiger partial charge is 0.330 e. The molecule has 2 N–H and O–H groups in total. The summed E-state index contributed by atoms with van der Waals surface area (Å²) in [6.45, 7) is 6.99. The average Bonchev–Trinajstić information content (AvgIpc) is 2.73. The number of nitrogens with zero attached hydrogens (tertiary/aromatic N) is 1. The number of halogens is 1. The van der Waals surface area contributed by atoms with E-state index < -0.39 is 0 Å². The van der Waals surface area contributed by atoms with Crippen LogP contribution in [-0.4, -0.2) is 11.5 Å². The van der Waals surface area contributed by atoms with Gasteiger partial charge >= 0.3 is 0 Å². The second-order valence-corrected chi connectivity index (χ2v) is 7.05. The molecule has 2 aromatic rings. The van der Waals surface area contributed by atoms with Crippen molar-refractivity contribution in [3.8, 4) is 11.3 Å². The lowest BCUT2D eigenvalue weighted by Gasteiger charge is -2.18. The number of aromatic nitrogens is 1. The zero-order valence-electron chi connectivity index (χ0n) is 10.8. The van der Waals surface area contributed by atoms with Gasteiger partial charge < -0.3 is 5.73 Å². The lowest BCUT2D eigenvalue weighted by Crippen LogP contribution is -2.27. The van der Waals surface area contributed by atoms with E-state index in [4.69, 9.17) is 10.7 Å². The Labute approximate surface area is 120 Å². The second kappa shape index (κ2) is 5.11. The quantitative estimate of drug-likeness (QED) is 0.922. The monoisotopic (exact) mass is 324 g/mol. The van der Waals surface area contributed by atoms with Gasteiger partial charge in [-0.2, -0.15) is 0 Å². The highest BCUT2D eigenvalue weighted by molar-refractivity contribution is 9.10. The molecule has 0 saturated heterocycles. The van der Waals surface area contributed by atoms with Gasteiger partial charge in [0.1, 0.15) is 5.01 Å². The smallest absolute Gasteiger partial charge is 0.100 e. The fourth-order valence-corrected chi connectivity index (χ4v) is 3.19. The number of aryl methyl sites for hydroxylation is 1. The van der Waals surface area contributed by atoms with E-state index in [1.807, 2.05) is 18.2 Å². The van der Waals surface area contributed by atoms with Gasteiger partial charge in [-0.1, -0.05) is 48.0 Å². The van der Waals surface area contributed by atoms with Gasteiger partial charge in [0, 0.05) is 26.9 Å². The zero-order valence-corrected chi connectivity index (χ0v) is 13.2. The summed E-state index contributed by atoms with van der Waals surface area (Å²) < 4.78 is 1.08. The van der Waals surface area contributed by atoms with Gasteiger partial charge in [-0.3, -0.25) is 0 Å². The maximum atomic E-state index is 5.82. The van der Waals surface area contributed by atoms with E-state index in [2.05, 4.69) is 42.8 Å². The Balaban J connectivity index is 2.52. The van der Waals surface area contributed by atoms with Crippen LogP contribution in [0.2, 0.25) is 0 Å². The molecule has 0 spiro atoms. The van der Waals surface area contributed by atoms with Crippen molar-refractivity contribution in [2.75, 3.05) is 6.54 Å². The van der Waals surface area contributed by atoms with Crippen molar-refractivity contribution >= 4 is 27.3 Å². The average molecular weight is 325 g/mol. The predicted octanol–water partition coefficient (Wildman–Crippen LogP) is 4.12. The van der Waals surface area contributed by atoms with Crippen LogP contribution in [-0.2, 0) is 5.41 Å². The molecule has 0 atom stereocenters. The highest BCUT2D eigenvalue weighted by Crippen LogP contribution is 2.36. The van der Waals surface area contributed by atoms with Crippen LogP contribution in [0.3, 0.4) is 0 Å². The minimum absolute atomic E-state index is 0.0606. The summed E-state index contributed by atoms with van der Waals surface area (Å²) in [5.41, 5.74) is 7.97. The summed E-state index contributed by atoms with van der Waals surface area (Å²) in [5.74, 6) is 0. The minimum atomic E-state index is -0.0606.